The fraction of sp³-hybridized carbons (Fsp3) is 0.133. The Morgan fingerprint density at radius 3 is 2.62 bits per heavy atom. The summed E-state index contributed by atoms with van der Waals surface area (Å²) >= 11 is 0. The van der Waals surface area contributed by atoms with Gasteiger partial charge in [-0.15, -0.1) is 0 Å². The fourth-order valence-corrected chi connectivity index (χ4v) is 2.18. The molecule has 0 unspecified atom stereocenters. The van der Waals surface area contributed by atoms with Gasteiger partial charge in [0.15, 0.2) is 5.58 Å². The van der Waals surface area contributed by atoms with Gasteiger partial charge in [-0.2, -0.15) is 0 Å². The molecular formula is C15H13N3O3. The molecule has 2 N–H and O–H groups in total. The second-order valence-corrected chi connectivity index (χ2v) is 4.96. The highest BCUT2D eigenvalue weighted by Crippen LogP contribution is 2.30. The van der Waals surface area contributed by atoms with Crippen molar-refractivity contribution >= 4 is 22.5 Å². The van der Waals surface area contributed by atoms with Gasteiger partial charge in [-0.25, -0.2) is 4.98 Å². The first-order chi connectivity index (χ1) is 9.95. The molecule has 0 spiro atoms. The molecule has 0 radical (unpaired) electrons. The Hall–Kier alpha value is -2.89. The zero-order valence-corrected chi connectivity index (χ0v) is 11.6. The molecule has 0 bridgehead atoms. The Labute approximate surface area is 120 Å². The van der Waals surface area contributed by atoms with Crippen LogP contribution in [0.4, 0.5) is 11.4 Å². The van der Waals surface area contributed by atoms with Crippen LogP contribution >= 0.6 is 0 Å². The van der Waals surface area contributed by atoms with E-state index in [2.05, 4.69) is 4.98 Å². The predicted molar refractivity (Wildman–Crippen MR) is 80.0 cm³/mol. The maximum absolute atomic E-state index is 10.9. The highest BCUT2D eigenvalue weighted by atomic mass is 16.6. The summed E-state index contributed by atoms with van der Waals surface area (Å²) in [6.07, 6.45) is 0. The number of hydrogen-bond donors (Lipinski definition) is 1. The molecular weight excluding hydrogens is 270 g/mol. The number of oxazole rings is 1. The van der Waals surface area contributed by atoms with Crippen molar-refractivity contribution in [1.29, 1.82) is 0 Å². The second kappa shape index (κ2) is 4.59. The second-order valence-electron chi connectivity index (χ2n) is 4.96. The van der Waals surface area contributed by atoms with Crippen LogP contribution in [0.15, 0.2) is 34.7 Å². The van der Waals surface area contributed by atoms with E-state index < -0.39 is 4.92 Å². The lowest BCUT2D eigenvalue weighted by Gasteiger charge is -2.01. The van der Waals surface area contributed by atoms with Gasteiger partial charge in [-0.05, 0) is 31.5 Å². The summed E-state index contributed by atoms with van der Waals surface area (Å²) < 4.78 is 5.73. The number of non-ortho nitro benzene ring substituents is 1. The molecule has 0 saturated carbocycles. The third-order valence-electron chi connectivity index (χ3n) is 3.40. The lowest BCUT2D eigenvalue weighted by atomic mass is 10.1. The maximum atomic E-state index is 10.9. The number of nitro benzene ring substituents is 1. The molecule has 3 aromatic rings. The SMILES string of the molecule is Cc1ccc(-c2nc3cc([N+](=O)[O-])cc(C)c3o2)cc1N. The van der Waals surface area contributed by atoms with Crippen molar-refractivity contribution in [3.63, 3.8) is 0 Å². The Morgan fingerprint density at radius 1 is 1.19 bits per heavy atom. The predicted octanol–water partition coefficient (Wildman–Crippen LogP) is 3.60. The average Bonchev–Trinajstić information content (AvgIpc) is 2.86. The van der Waals surface area contributed by atoms with Gasteiger partial charge in [-0.3, -0.25) is 10.1 Å². The first-order valence-corrected chi connectivity index (χ1v) is 6.38. The van der Waals surface area contributed by atoms with Crippen LogP contribution in [0.2, 0.25) is 0 Å². The Balaban J connectivity index is 2.18. The summed E-state index contributed by atoms with van der Waals surface area (Å²) in [5.74, 6) is 0.403. The van der Waals surface area contributed by atoms with Crippen LogP contribution in [-0.4, -0.2) is 9.91 Å². The minimum Gasteiger partial charge on any atom is -0.436 e. The zero-order chi connectivity index (χ0) is 15.1. The molecule has 0 aliphatic heterocycles. The first kappa shape index (κ1) is 13.1. The Kier molecular flexibility index (Phi) is 2.86. The van der Waals surface area contributed by atoms with Gasteiger partial charge in [-0.1, -0.05) is 6.07 Å². The number of fused-ring (bicyclic) bond motifs is 1. The van der Waals surface area contributed by atoms with E-state index in [1.165, 1.54) is 12.1 Å². The van der Waals surface area contributed by atoms with Crippen molar-refractivity contribution < 1.29 is 9.34 Å². The molecule has 2 aromatic carbocycles. The number of benzene rings is 2. The fourth-order valence-electron chi connectivity index (χ4n) is 2.18. The van der Waals surface area contributed by atoms with E-state index in [0.717, 1.165) is 11.1 Å². The van der Waals surface area contributed by atoms with Crippen LogP contribution in [0.25, 0.3) is 22.6 Å². The van der Waals surface area contributed by atoms with Crippen LogP contribution < -0.4 is 5.73 Å². The summed E-state index contributed by atoms with van der Waals surface area (Å²) in [4.78, 5) is 14.8. The normalized spacial score (nSPS) is 11.0. The van der Waals surface area contributed by atoms with Gasteiger partial charge >= 0.3 is 0 Å². The van der Waals surface area contributed by atoms with E-state index >= 15 is 0 Å². The number of aromatic nitrogens is 1. The van der Waals surface area contributed by atoms with Gasteiger partial charge in [0, 0.05) is 28.9 Å². The standard InChI is InChI=1S/C15H13N3O3/c1-8-3-4-10(6-12(8)16)15-17-13-7-11(18(19)20)5-9(2)14(13)21-15/h3-7H,16H2,1-2H3. The molecule has 106 valence electrons. The van der Waals surface area contributed by atoms with Crippen LogP contribution in [0, 0.1) is 24.0 Å². The number of nitrogen functional groups attached to an aromatic ring is 1. The minimum atomic E-state index is -0.440. The molecule has 0 aliphatic carbocycles. The molecule has 6 nitrogen and oxygen atoms in total. The highest BCUT2D eigenvalue weighted by molar-refractivity contribution is 5.82. The summed E-state index contributed by atoms with van der Waals surface area (Å²) in [6.45, 7) is 3.67. The summed E-state index contributed by atoms with van der Waals surface area (Å²) in [5.41, 5.74) is 9.96. The smallest absolute Gasteiger partial charge is 0.272 e. The van der Waals surface area contributed by atoms with E-state index in [-0.39, 0.29) is 5.69 Å². The Bertz CT molecular complexity index is 868. The molecule has 0 fully saturated rings. The quantitative estimate of drug-likeness (QED) is 0.440. The maximum Gasteiger partial charge on any atom is 0.272 e. The largest absolute Gasteiger partial charge is 0.436 e. The van der Waals surface area contributed by atoms with Crippen molar-refractivity contribution in [2.45, 2.75) is 13.8 Å². The number of hydrogen-bond acceptors (Lipinski definition) is 5. The number of anilines is 1. The van der Waals surface area contributed by atoms with E-state index in [4.69, 9.17) is 10.2 Å². The number of nitrogens with two attached hydrogens (primary N) is 1. The number of aryl methyl sites for hydroxylation is 2. The van der Waals surface area contributed by atoms with E-state index in [1.54, 1.807) is 13.0 Å². The van der Waals surface area contributed by atoms with Gasteiger partial charge in [0.1, 0.15) is 5.52 Å². The van der Waals surface area contributed by atoms with E-state index in [9.17, 15) is 10.1 Å². The van der Waals surface area contributed by atoms with Crippen molar-refractivity contribution in [2.24, 2.45) is 0 Å². The summed E-state index contributed by atoms with van der Waals surface area (Å²) in [7, 11) is 0. The summed E-state index contributed by atoms with van der Waals surface area (Å²) in [5, 5.41) is 10.9. The Morgan fingerprint density at radius 2 is 1.95 bits per heavy atom. The topological polar surface area (TPSA) is 95.2 Å². The van der Waals surface area contributed by atoms with Crippen molar-refractivity contribution in [1.82, 2.24) is 4.98 Å². The molecule has 21 heavy (non-hydrogen) atoms. The molecule has 1 aromatic heterocycles. The van der Waals surface area contributed by atoms with Crippen molar-refractivity contribution in [3.05, 3.63) is 51.6 Å². The summed E-state index contributed by atoms with van der Waals surface area (Å²) in [6, 6.07) is 8.41. The highest BCUT2D eigenvalue weighted by Gasteiger charge is 2.16. The number of nitro groups is 1. The van der Waals surface area contributed by atoms with Crippen LogP contribution in [0.1, 0.15) is 11.1 Å². The van der Waals surface area contributed by atoms with Crippen LogP contribution in [0.5, 0.6) is 0 Å². The number of nitrogens with zero attached hydrogens (tertiary/aromatic N) is 2. The van der Waals surface area contributed by atoms with E-state index in [0.29, 0.717) is 28.2 Å². The molecule has 0 amide bonds. The molecule has 0 saturated heterocycles. The van der Waals surface area contributed by atoms with Gasteiger partial charge < -0.3 is 10.2 Å². The zero-order valence-electron chi connectivity index (χ0n) is 11.6. The van der Waals surface area contributed by atoms with Gasteiger partial charge in [0.05, 0.1) is 4.92 Å². The first-order valence-electron chi connectivity index (χ1n) is 6.38. The number of rotatable bonds is 2. The van der Waals surface area contributed by atoms with Crippen LogP contribution in [-0.2, 0) is 0 Å². The monoisotopic (exact) mass is 283 g/mol. The van der Waals surface area contributed by atoms with Crippen molar-refractivity contribution in [3.8, 4) is 11.5 Å². The average molecular weight is 283 g/mol. The van der Waals surface area contributed by atoms with Crippen molar-refractivity contribution in [2.75, 3.05) is 5.73 Å². The lowest BCUT2D eigenvalue weighted by molar-refractivity contribution is -0.384. The molecule has 1 heterocycles. The minimum absolute atomic E-state index is 0.00303. The van der Waals surface area contributed by atoms with Gasteiger partial charge in [0.2, 0.25) is 5.89 Å². The third-order valence-corrected chi connectivity index (χ3v) is 3.40. The molecule has 0 aliphatic rings. The van der Waals surface area contributed by atoms with Crippen LogP contribution in [0.3, 0.4) is 0 Å². The van der Waals surface area contributed by atoms with Gasteiger partial charge in [0.25, 0.3) is 5.69 Å². The molecule has 0 atom stereocenters. The lowest BCUT2D eigenvalue weighted by Crippen LogP contribution is -1.89. The molecule has 3 rings (SSSR count). The molecule has 6 heteroatoms. The third kappa shape index (κ3) is 2.20. The van der Waals surface area contributed by atoms with E-state index in [1.807, 2.05) is 19.1 Å².